The quantitative estimate of drug-likeness (QED) is 0.896. The highest BCUT2D eigenvalue weighted by Crippen LogP contribution is 2.29. The summed E-state index contributed by atoms with van der Waals surface area (Å²) in [5.74, 6) is 0. The van der Waals surface area contributed by atoms with Crippen LogP contribution in [0.4, 0.5) is 13.2 Å². The molecule has 1 fully saturated rings. The molecule has 0 aliphatic carbocycles. The zero-order valence-electron chi connectivity index (χ0n) is 11.5. The number of rotatable bonds is 5. The van der Waals surface area contributed by atoms with E-state index >= 15 is 0 Å². The molecule has 5 heteroatoms. The SMILES string of the molecule is CNC(Cc1ccc(C(F)(F)F)cc1)CC1CCCO1. The van der Waals surface area contributed by atoms with E-state index < -0.39 is 11.7 Å². The van der Waals surface area contributed by atoms with Crippen molar-refractivity contribution in [2.24, 2.45) is 0 Å². The van der Waals surface area contributed by atoms with Crippen LogP contribution in [0.15, 0.2) is 24.3 Å². The fourth-order valence-corrected chi connectivity index (χ4v) is 2.57. The van der Waals surface area contributed by atoms with Crippen LogP contribution >= 0.6 is 0 Å². The second-order valence-corrected chi connectivity index (χ2v) is 5.26. The molecule has 1 aromatic rings. The lowest BCUT2D eigenvalue weighted by atomic mass is 9.98. The Morgan fingerprint density at radius 2 is 2.00 bits per heavy atom. The van der Waals surface area contributed by atoms with Crippen LogP contribution < -0.4 is 5.32 Å². The first-order valence-corrected chi connectivity index (χ1v) is 6.94. The van der Waals surface area contributed by atoms with Crippen LogP contribution in [0.25, 0.3) is 0 Å². The highest BCUT2D eigenvalue weighted by Gasteiger charge is 2.30. The van der Waals surface area contributed by atoms with Gasteiger partial charge in [0.05, 0.1) is 11.7 Å². The molecule has 2 atom stereocenters. The summed E-state index contributed by atoms with van der Waals surface area (Å²) in [6, 6.07) is 5.64. The van der Waals surface area contributed by atoms with E-state index in [0.717, 1.165) is 43.6 Å². The van der Waals surface area contributed by atoms with Gasteiger partial charge in [0.25, 0.3) is 0 Å². The lowest BCUT2D eigenvalue weighted by Crippen LogP contribution is -2.31. The molecule has 0 saturated carbocycles. The number of likely N-dealkylation sites (N-methyl/N-ethyl adjacent to an activating group) is 1. The Labute approximate surface area is 117 Å². The largest absolute Gasteiger partial charge is 0.416 e. The van der Waals surface area contributed by atoms with Gasteiger partial charge in [-0.25, -0.2) is 0 Å². The highest BCUT2D eigenvalue weighted by molar-refractivity contribution is 5.25. The Balaban J connectivity index is 1.93. The van der Waals surface area contributed by atoms with Crippen LogP contribution in [0.1, 0.15) is 30.4 Å². The second kappa shape index (κ2) is 6.59. The maximum absolute atomic E-state index is 12.5. The van der Waals surface area contributed by atoms with Crippen LogP contribution in [0.5, 0.6) is 0 Å². The van der Waals surface area contributed by atoms with E-state index in [1.54, 1.807) is 12.1 Å². The fourth-order valence-electron chi connectivity index (χ4n) is 2.57. The fraction of sp³-hybridized carbons (Fsp3) is 0.600. The first-order chi connectivity index (χ1) is 9.49. The average Bonchev–Trinajstić information content (AvgIpc) is 2.90. The van der Waals surface area contributed by atoms with Gasteiger partial charge in [0.15, 0.2) is 0 Å². The van der Waals surface area contributed by atoms with Crippen molar-refractivity contribution < 1.29 is 17.9 Å². The Hall–Kier alpha value is -1.07. The number of ether oxygens (including phenoxy) is 1. The third kappa shape index (κ3) is 4.21. The molecule has 0 spiro atoms. The zero-order valence-corrected chi connectivity index (χ0v) is 11.5. The van der Waals surface area contributed by atoms with E-state index in [4.69, 9.17) is 4.74 Å². The average molecular weight is 287 g/mol. The molecular formula is C15H20F3NO. The van der Waals surface area contributed by atoms with E-state index in [2.05, 4.69) is 5.32 Å². The first kappa shape index (κ1) is 15.3. The van der Waals surface area contributed by atoms with Gasteiger partial charge in [-0.05, 0) is 50.4 Å². The molecule has 1 aromatic carbocycles. The minimum absolute atomic E-state index is 0.231. The van der Waals surface area contributed by atoms with Gasteiger partial charge in [-0.2, -0.15) is 13.2 Å². The summed E-state index contributed by atoms with van der Waals surface area (Å²) in [6.45, 7) is 0.821. The van der Waals surface area contributed by atoms with Gasteiger partial charge in [-0.1, -0.05) is 12.1 Å². The van der Waals surface area contributed by atoms with Crippen molar-refractivity contribution in [3.63, 3.8) is 0 Å². The van der Waals surface area contributed by atoms with Crippen LogP contribution in [-0.2, 0) is 17.3 Å². The molecule has 2 unspecified atom stereocenters. The van der Waals surface area contributed by atoms with Crippen molar-refractivity contribution in [3.05, 3.63) is 35.4 Å². The summed E-state index contributed by atoms with van der Waals surface area (Å²) in [6.07, 6.45) is -0.195. The summed E-state index contributed by atoms with van der Waals surface area (Å²) in [5, 5.41) is 3.22. The van der Waals surface area contributed by atoms with Crippen molar-refractivity contribution in [1.29, 1.82) is 0 Å². The molecule has 2 rings (SSSR count). The summed E-state index contributed by atoms with van der Waals surface area (Å²) in [5.41, 5.74) is 0.316. The number of hydrogen-bond acceptors (Lipinski definition) is 2. The third-order valence-electron chi connectivity index (χ3n) is 3.74. The lowest BCUT2D eigenvalue weighted by molar-refractivity contribution is -0.137. The number of hydrogen-bond donors (Lipinski definition) is 1. The number of nitrogens with one attached hydrogen (secondary N) is 1. The summed E-state index contributed by atoms with van der Waals surface area (Å²) in [4.78, 5) is 0. The second-order valence-electron chi connectivity index (χ2n) is 5.26. The van der Waals surface area contributed by atoms with E-state index in [-0.39, 0.29) is 12.1 Å². The molecule has 0 bridgehead atoms. The van der Waals surface area contributed by atoms with Crippen molar-refractivity contribution in [1.82, 2.24) is 5.32 Å². The van der Waals surface area contributed by atoms with Crippen LogP contribution in [0.2, 0.25) is 0 Å². The van der Waals surface area contributed by atoms with Crippen molar-refractivity contribution >= 4 is 0 Å². The van der Waals surface area contributed by atoms with Crippen LogP contribution in [0, 0.1) is 0 Å². The highest BCUT2D eigenvalue weighted by atomic mass is 19.4. The zero-order chi connectivity index (χ0) is 14.6. The van der Waals surface area contributed by atoms with Gasteiger partial charge >= 0.3 is 6.18 Å². The minimum Gasteiger partial charge on any atom is -0.378 e. The number of alkyl halides is 3. The molecule has 0 aromatic heterocycles. The Kier molecular flexibility index (Phi) is 5.05. The maximum Gasteiger partial charge on any atom is 0.416 e. The Morgan fingerprint density at radius 3 is 2.50 bits per heavy atom. The minimum atomic E-state index is -4.27. The van der Waals surface area contributed by atoms with E-state index in [9.17, 15) is 13.2 Å². The van der Waals surface area contributed by atoms with Gasteiger partial charge in [0, 0.05) is 12.6 Å². The van der Waals surface area contributed by atoms with E-state index in [1.165, 1.54) is 0 Å². The summed E-state index contributed by atoms with van der Waals surface area (Å²) < 4.78 is 43.1. The summed E-state index contributed by atoms with van der Waals surface area (Å²) in [7, 11) is 1.88. The molecule has 1 heterocycles. The first-order valence-electron chi connectivity index (χ1n) is 6.94. The van der Waals surface area contributed by atoms with Gasteiger partial charge in [0.2, 0.25) is 0 Å². The molecule has 0 radical (unpaired) electrons. The van der Waals surface area contributed by atoms with Crippen molar-refractivity contribution in [3.8, 4) is 0 Å². The van der Waals surface area contributed by atoms with Crippen LogP contribution in [0.3, 0.4) is 0 Å². The molecule has 20 heavy (non-hydrogen) atoms. The van der Waals surface area contributed by atoms with Gasteiger partial charge in [0.1, 0.15) is 0 Å². The molecular weight excluding hydrogens is 267 g/mol. The standard InChI is InChI=1S/C15H20F3NO/c1-19-13(10-14-3-2-8-20-14)9-11-4-6-12(7-5-11)15(16,17)18/h4-7,13-14,19H,2-3,8-10H2,1H3. The van der Waals surface area contributed by atoms with Crippen LogP contribution in [-0.4, -0.2) is 25.8 Å². The normalized spacial score (nSPS) is 21.1. The number of benzene rings is 1. The summed E-state index contributed by atoms with van der Waals surface area (Å²) >= 11 is 0. The predicted octanol–water partition coefficient (Wildman–Crippen LogP) is 3.41. The monoisotopic (exact) mass is 287 g/mol. The molecule has 0 amide bonds. The van der Waals surface area contributed by atoms with Crippen molar-refractivity contribution in [2.45, 2.75) is 44.0 Å². The Morgan fingerprint density at radius 1 is 1.30 bits per heavy atom. The van der Waals surface area contributed by atoms with Gasteiger partial charge in [-0.3, -0.25) is 0 Å². The number of halogens is 3. The topological polar surface area (TPSA) is 21.3 Å². The maximum atomic E-state index is 12.5. The van der Waals surface area contributed by atoms with Gasteiger partial charge in [-0.15, -0.1) is 0 Å². The van der Waals surface area contributed by atoms with E-state index in [1.807, 2.05) is 7.05 Å². The van der Waals surface area contributed by atoms with E-state index in [0.29, 0.717) is 6.42 Å². The van der Waals surface area contributed by atoms with Gasteiger partial charge < -0.3 is 10.1 Å². The molecule has 1 saturated heterocycles. The Bertz CT molecular complexity index is 410. The molecule has 1 aliphatic rings. The molecule has 112 valence electrons. The molecule has 2 nitrogen and oxygen atoms in total. The smallest absolute Gasteiger partial charge is 0.378 e. The third-order valence-corrected chi connectivity index (χ3v) is 3.74. The van der Waals surface area contributed by atoms with Crippen molar-refractivity contribution in [2.75, 3.05) is 13.7 Å². The predicted molar refractivity (Wildman–Crippen MR) is 71.6 cm³/mol. The lowest BCUT2D eigenvalue weighted by Gasteiger charge is -2.20. The molecule has 1 N–H and O–H groups in total. The molecule has 1 aliphatic heterocycles.